The number of benzene rings is 1. The average molecular weight is 481 g/mol. The molecule has 1 aromatic heterocycles. The minimum Gasteiger partial charge on any atom is -0.465 e. The van der Waals surface area contributed by atoms with Gasteiger partial charge in [-0.05, 0) is 30.5 Å². The maximum atomic E-state index is 12.7. The van der Waals surface area contributed by atoms with E-state index < -0.39 is 12.1 Å². The summed E-state index contributed by atoms with van der Waals surface area (Å²) < 4.78 is 10.2. The molecule has 1 N–H and O–H groups in total. The van der Waals surface area contributed by atoms with Crippen molar-refractivity contribution in [3.05, 3.63) is 82.6 Å². The number of ether oxygens (including phenoxy) is 2. The molecule has 34 heavy (non-hydrogen) atoms. The molecule has 8 heteroatoms. The summed E-state index contributed by atoms with van der Waals surface area (Å²) in [6, 6.07) is 11.0. The monoisotopic (exact) mass is 480 g/mol. The van der Waals surface area contributed by atoms with Gasteiger partial charge < -0.3 is 14.8 Å². The molecule has 2 amide bonds. The fraction of sp³-hybridized carbons (Fsp3) is 0.269. The van der Waals surface area contributed by atoms with Crippen LogP contribution in [0.4, 0.5) is 10.5 Å². The van der Waals surface area contributed by atoms with Crippen molar-refractivity contribution in [2.24, 2.45) is 0 Å². The Kier molecular flexibility index (Phi) is 8.81. The average Bonchev–Trinajstić information content (AvgIpc) is 3.26. The van der Waals surface area contributed by atoms with Crippen LogP contribution in [0.2, 0.25) is 0 Å². The summed E-state index contributed by atoms with van der Waals surface area (Å²) in [4.78, 5) is 39.9. The predicted molar refractivity (Wildman–Crippen MR) is 134 cm³/mol. The Balaban J connectivity index is 1.65. The first-order valence-corrected chi connectivity index (χ1v) is 11.7. The molecule has 1 aliphatic heterocycles. The Labute approximate surface area is 203 Å². The van der Waals surface area contributed by atoms with Crippen LogP contribution in [-0.4, -0.2) is 42.6 Å². The van der Waals surface area contributed by atoms with Gasteiger partial charge in [0.05, 0.1) is 12.8 Å². The van der Waals surface area contributed by atoms with Gasteiger partial charge in [-0.3, -0.25) is 4.79 Å². The van der Waals surface area contributed by atoms with Gasteiger partial charge >= 0.3 is 12.1 Å². The van der Waals surface area contributed by atoms with E-state index in [9.17, 15) is 14.4 Å². The molecule has 1 aromatic carbocycles. The number of piperidine rings is 1. The number of anilines is 1. The van der Waals surface area contributed by atoms with Crippen molar-refractivity contribution < 1.29 is 23.9 Å². The maximum Gasteiger partial charge on any atom is 0.416 e. The van der Waals surface area contributed by atoms with Gasteiger partial charge in [0.2, 0.25) is 5.91 Å². The molecule has 1 aliphatic rings. The van der Waals surface area contributed by atoms with Crippen molar-refractivity contribution in [1.29, 1.82) is 0 Å². The van der Waals surface area contributed by atoms with Gasteiger partial charge in [0.25, 0.3) is 0 Å². The largest absolute Gasteiger partial charge is 0.465 e. The Morgan fingerprint density at radius 2 is 2.03 bits per heavy atom. The summed E-state index contributed by atoms with van der Waals surface area (Å²) in [7, 11) is 1.34. The van der Waals surface area contributed by atoms with E-state index in [0.717, 1.165) is 20.9 Å². The Hall–Kier alpha value is -3.65. The quantitative estimate of drug-likeness (QED) is 0.401. The van der Waals surface area contributed by atoms with E-state index in [1.165, 1.54) is 18.4 Å². The zero-order valence-electron chi connectivity index (χ0n) is 19.3. The fourth-order valence-electron chi connectivity index (χ4n) is 3.46. The highest BCUT2D eigenvalue weighted by molar-refractivity contribution is 7.15. The van der Waals surface area contributed by atoms with Crippen molar-refractivity contribution >= 4 is 40.6 Å². The Bertz CT molecular complexity index is 1100. The number of allylic oxidation sites excluding steroid dienone is 5. The van der Waals surface area contributed by atoms with E-state index in [1.54, 1.807) is 6.08 Å². The standard InChI is InChI=1S/C26H28N2O5S/c1-4-5-7-10-18(2)22-16-21(24(34-22)25(30)32-3)27-20-13-14-28(23(29)15-20)26(31)33-17-19-11-8-6-9-12-19/h4-12,16,20,27H,1,13-15,17H2,2-3H3/b7-5+,18-10+. The normalized spacial score (nSPS) is 16.4. The lowest BCUT2D eigenvalue weighted by Gasteiger charge is -2.30. The number of methoxy groups -OCH3 is 1. The Morgan fingerprint density at radius 3 is 2.71 bits per heavy atom. The zero-order valence-corrected chi connectivity index (χ0v) is 20.1. The summed E-state index contributed by atoms with van der Waals surface area (Å²) in [5.41, 5.74) is 2.45. The van der Waals surface area contributed by atoms with Crippen LogP contribution in [-0.2, 0) is 20.9 Å². The minimum absolute atomic E-state index is 0.111. The molecule has 1 atom stereocenters. The molecule has 178 valence electrons. The number of amides is 2. The number of hydrogen-bond donors (Lipinski definition) is 1. The first kappa shape index (κ1) is 25.0. The lowest BCUT2D eigenvalue weighted by atomic mass is 10.0. The number of nitrogens with zero attached hydrogens (tertiary/aromatic N) is 1. The SMILES string of the molecule is C=C/C=C/C=C(\C)c1cc(NC2CCN(C(=O)OCc3ccccc3)C(=O)C2)c(C(=O)OC)s1. The summed E-state index contributed by atoms with van der Waals surface area (Å²) in [6.07, 6.45) is 7.32. The molecule has 1 fully saturated rings. The smallest absolute Gasteiger partial charge is 0.416 e. The van der Waals surface area contributed by atoms with Crippen molar-refractivity contribution in [3.63, 3.8) is 0 Å². The first-order valence-electron chi connectivity index (χ1n) is 10.9. The van der Waals surface area contributed by atoms with Gasteiger partial charge in [0.1, 0.15) is 11.5 Å². The number of imide groups is 1. The molecule has 2 heterocycles. The van der Waals surface area contributed by atoms with E-state index >= 15 is 0 Å². The predicted octanol–water partition coefficient (Wildman–Crippen LogP) is 5.42. The van der Waals surface area contributed by atoms with Crippen LogP contribution in [0.5, 0.6) is 0 Å². The van der Waals surface area contributed by atoms with Gasteiger partial charge in [-0.15, -0.1) is 11.3 Å². The molecule has 0 bridgehead atoms. The number of carbonyl (C=O) groups excluding carboxylic acids is 3. The second kappa shape index (κ2) is 12.0. The molecular formula is C26H28N2O5S. The zero-order chi connectivity index (χ0) is 24.5. The second-order valence-corrected chi connectivity index (χ2v) is 8.79. The number of likely N-dealkylation sites (tertiary alicyclic amines) is 1. The number of carbonyl (C=O) groups is 3. The number of esters is 1. The number of thiophene rings is 1. The molecule has 0 aliphatic carbocycles. The van der Waals surface area contributed by atoms with Crippen LogP contribution in [0.25, 0.3) is 5.57 Å². The molecule has 7 nitrogen and oxygen atoms in total. The highest BCUT2D eigenvalue weighted by atomic mass is 32.1. The van der Waals surface area contributed by atoms with Gasteiger partial charge in [0.15, 0.2) is 0 Å². The van der Waals surface area contributed by atoms with Gasteiger partial charge in [-0.1, -0.05) is 61.2 Å². The van der Waals surface area contributed by atoms with Crippen LogP contribution in [0, 0.1) is 0 Å². The molecule has 1 unspecified atom stereocenters. The van der Waals surface area contributed by atoms with E-state index in [0.29, 0.717) is 17.0 Å². The van der Waals surface area contributed by atoms with Gasteiger partial charge in [-0.25, -0.2) is 14.5 Å². The van der Waals surface area contributed by atoms with Crippen molar-refractivity contribution in [1.82, 2.24) is 4.90 Å². The highest BCUT2D eigenvalue weighted by Gasteiger charge is 2.32. The van der Waals surface area contributed by atoms with Gasteiger partial charge in [0, 0.05) is 23.9 Å². The van der Waals surface area contributed by atoms with Crippen LogP contribution in [0.15, 0.2) is 67.3 Å². The molecule has 1 saturated heterocycles. The first-order chi connectivity index (χ1) is 16.4. The molecule has 3 rings (SSSR count). The van der Waals surface area contributed by atoms with Crippen LogP contribution >= 0.6 is 11.3 Å². The summed E-state index contributed by atoms with van der Waals surface area (Å²) in [6.45, 7) is 5.95. The summed E-state index contributed by atoms with van der Waals surface area (Å²) in [5, 5.41) is 3.30. The van der Waals surface area contributed by atoms with Gasteiger partial charge in [-0.2, -0.15) is 0 Å². The topological polar surface area (TPSA) is 84.9 Å². The van der Waals surface area contributed by atoms with E-state index in [4.69, 9.17) is 9.47 Å². The number of nitrogens with one attached hydrogen (secondary N) is 1. The highest BCUT2D eigenvalue weighted by Crippen LogP contribution is 2.34. The third kappa shape index (κ3) is 6.45. The number of hydrogen-bond acceptors (Lipinski definition) is 7. The van der Waals surface area contributed by atoms with Crippen molar-refractivity contribution in [2.75, 3.05) is 19.0 Å². The van der Waals surface area contributed by atoms with Crippen LogP contribution < -0.4 is 5.32 Å². The summed E-state index contributed by atoms with van der Waals surface area (Å²) in [5.74, 6) is -0.760. The van der Waals surface area contributed by atoms with Crippen molar-refractivity contribution in [2.45, 2.75) is 32.4 Å². The third-order valence-corrected chi connectivity index (χ3v) is 6.54. The molecule has 2 aromatic rings. The second-order valence-electron chi connectivity index (χ2n) is 7.73. The van der Waals surface area contributed by atoms with E-state index in [1.807, 2.05) is 61.5 Å². The van der Waals surface area contributed by atoms with Crippen LogP contribution in [0.1, 0.15) is 39.9 Å². The number of rotatable bonds is 8. The molecular weight excluding hydrogens is 452 g/mol. The van der Waals surface area contributed by atoms with Crippen LogP contribution in [0.3, 0.4) is 0 Å². The van der Waals surface area contributed by atoms with E-state index in [-0.39, 0.29) is 31.5 Å². The fourth-order valence-corrected chi connectivity index (χ4v) is 4.48. The molecule has 0 radical (unpaired) electrons. The Morgan fingerprint density at radius 1 is 1.26 bits per heavy atom. The summed E-state index contributed by atoms with van der Waals surface area (Å²) >= 11 is 1.32. The molecule has 0 spiro atoms. The van der Waals surface area contributed by atoms with E-state index in [2.05, 4.69) is 11.9 Å². The van der Waals surface area contributed by atoms with Crippen molar-refractivity contribution in [3.8, 4) is 0 Å². The lowest BCUT2D eigenvalue weighted by Crippen LogP contribution is -2.46. The molecule has 0 saturated carbocycles. The maximum absolute atomic E-state index is 12.7. The minimum atomic E-state index is -0.645. The lowest BCUT2D eigenvalue weighted by molar-refractivity contribution is -0.131. The third-order valence-electron chi connectivity index (χ3n) is 5.29.